The third-order valence-electron chi connectivity index (χ3n) is 11.9. The van der Waals surface area contributed by atoms with Crippen molar-refractivity contribution in [1.82, 2.24) is 4.98 Å². The van der Waals surface area contributed by atoms with Crippen molar-refractivity contribution in [3.8, 4) is 0 Å². The summed E-state index contributed by atoms with van der Waals surface area (Å²) < 4.78 is 5.07. The average molecular weight is 577 g/mol. The monoisotopic (exact) mass is 576 g/mol. The number of hydrogen-bond donors (Lipinski definition) is 4. The molecule has 0 bridgehead atoms. The van der Waals surface area contributed by atoms with Crippen molar-refractivity contribution < 1.29 is 29.6 Å². The number of ether oxygens (including phenoxy) is 1. The van der Waals surface area contributed by atoms with E-state index in [2.05, 4.69) is 31.1 Å². The third kappa shape index (κ3) is 5.03. The molecule has 4 fully saturated rings. The van der Waals surface area contributed by atoms with E-state index in [9.17, 15) is 24.9 Å². The van der Waals surface area contributed by atoms with Gasteiger partial charge in [-0.05, 0) is 112 Å². The van der Waals surface area contributed by atoms with E-state index in [-0.39, 0.29) is 65.1 Å². The summed E-state index contributed by atoms with van der Waals surface area (Å²) in [5, 5.41) is 36.8. The van der Waals surface area contributed by atoms with E-state index in [1.807, 2.05) is 0 Å². The third-order valence-corrected chi connectivity index (χ3v) is 12.9. The van der Waals surface area contributed by atoms with Gasteiger partial charge in [0.2, 0.25) is 5.91 Å². The molecular weight excluding hydrogens is 528 g/mol. The molecule has 0 aromatic carbocycles. The van der Waals surface area contributed by atoms with Gasteiger partial charge in [0.25, 0.3) is 0 Å². The van der Waals surface area contributed by atoms with E-state index >= 15 is 0 Å². The number of carbonyl (C=O) groups excluding carboxylic acids is 2. The van der Waals surface area contributed by atoms with Crippen molar-refractivity contribution in [3.63, 3.8) is 0 Å². The van der Waals surface area contributed by atoms with E-state index in [0.717, 1.165) is 49.9 Å². The second-order valence-electron chi connectivity index (χ2n) is 13.7. The van der Waals surface area contributed by atoms with Gasteiger partial charge in [-0.1, -0.05) is 32.1 Å². The maximum Gasteiger partial charge on any atom is 0.350 e. The highest BCUT2D eigenvalue weighted by atomic mass is 32.1. The van der Waals surface area contributed by atoms with Crippen LogP contribution in [-0.4, -0.2) is 57.1 Å². The molecule has 9 heteroatoms. The minimum Gasteiger partial charge on any atom is -0.462 e. The van der Waals surface area contributed by atoms with Crippen LogP contribution in [0.1, 0.15) is 101 Å². The molecule has 4 saturated carbocycles. The van der Waals surface area contributed by atoms with E-state index in [4.69, 9.17) is 4.74 Å². The van der Waals surface area contributed by atoms with Crippen LogP contribution in [0.25, 0.3) is 0 Å². The summed E-state index contributed by atoms with van der Waals surface area (Å²) in [6.07, 6.45) is 6.00. The molecule has 0 spiro atoms. The highest BCUT2D eigenvalue weighted by molar-refractivity contribution is 7.17. The van der Waals surface area contributed by atoms with Crippen molar-refractivity contribution in [1.29, 1.82) is 0 Å². The molecule has 5 rings (SSSR count). The Morgan fingerprint density at radius 1 is 1.12 bits per heavy atom. The molecule has 11 atom stereocenters. The molecule has 1 heterocycles. The first kappa shape index (κ1) is 29.9. The van der Waals surface area contributed by atoms with E-state index < -0.39 is 12.1 Å². The Bertz CT molecular complexity index is 1110. The Hall–Kier alpha value is -1.55. The fourth-order valence-electron chi connectivity index (χ4n) is 9.71. The van der Waals surface area contributed by atoms with Crippen LogP contribution < -0.4 is 5.32 Å². The number of nitrogens with one attached hydrogen (secondary N) is 1. The number of thiazole rings is 1. The normalized spacial score (nSPS) is 41.4. The molecule has 4 aliphatic rings. The van der Waals surface area contributed by atoms with Crippen LogP contribution in [0, 0.1) is 53.3 Å². The molecule has 4 N–H and O–H groups in total. The first-order valence-electron chi connectivity index (χ1n) is 15.4. The zero-order chi connectivity index (χ0) is 29.0. The van der Waals surface area contributed by atoms with Crippen LogP contribution in [0.3, 0.4) is 0 Å². The van der Waals surface area contributed by atoms with Crippen LogP contribution in [0.4, 0.5) is 5.13 Å². The lowest BCUT2D eigenvalue weighted by Crippen LogP contribution is -2.62. The molecule has 0 aliphatic heterocycles. The number of nitrogens with zero attached hydrogens (tertiary/aromatic N) is 1. The number of aliphatic hydroxyl groups is 3. The highest BCUT2D eigenvalue weighted by Gasteiger charge is 2.65. The van der Waals surface area contributed by atoms with E-state index in [1.165, 1.54) is 0 Å². The minimum atomic E-state index is -0.434. The number of aryl methyl sites for hydroxylation is 1. The summed E-state index contributed by atoms with van der Waals surface area (Å²) in [4.78, 5) is 29.7. The van der Waals surface area contributed by atoms with Crippen LogP contribution >= 0.6 is 11.3 Å². The lowest BCUT2D eigenvalue weighted by molar-refractivity contribution is -0.207. The molecule has 8 nitrogen and oxygen atoms in total. The topological polar surface area (TPSA) is 129 Å². The summed E-state index contributed by atoms with van der Waals surface area (Å²) in [6, 6.07) is 0. The van der Waals surface area contributed by atoms with Crippen LogP contribution in [0.5, 0.6) is 0 Å². The van der Waals surface area contributed by atoms with Gasteiger partial charge < -0.3 is 25.4 Å². The Kier molecular flexibility index (Phi) is 8.43. The summed E-state index contributed by atoms with van der Waals surface area (Å²) in [5.41, 5.74) is 0.335. The van der Waals surface area contributed by atoms with Crippen molar-refractivity contribution >= 4 is 28.3 Å². The second-order valence-corrected chi connectivity index (χ2v) is 14.7. The molecule has 0 saturated heterocycles. The number of esters is 1. The second kappa shape index (κ2) is 11.3. The molecule has 224 valence electrons. The smallest absolute Gasteiger partial charge is 0.350 e. The number of anilines is 1. The standard InChI is InChI=1S/C31H48N2O6S/c1-6-39-28(38)27-17(3)32-29(40-27)33-25(37)10-7-16(2)20-8-9-21-26-22(15-24(36)31(20,21)5)30(4)12-11-19(34)13-18(30)14-23(26)35/h16,18-24,26,34-36H,6-15H2,1-5H3,(H,32,33,37)/t16-,18-,19-,20+,21-,22-,23-,24+,26+,30+,31-/m1/s1. The van der Waals surface area contributed by atoms with E-state index in [1.54, 1.807) is 13.8 Å². The van der Waals surface area contributed by atoms with Crippen molar-refractivity contribution in [2.45, 2.75) is 111 Å². The number of aromatic nitrogens is 1. The zero-order valence-electron chi connectivity index (χ0n) is 24.7. The molecule has 0 radical (unpaired) electrons. The van der Waals surface area contributed by atoms with Gasteiger partial charge in [0.05, 0.1) is 30.6 Å². The van der Waals surface area contributed by atoms with Crippen LogP contribution in [0.2, 0.25) is 0 Å². The summed E-state index contributed by atoms with van der Waals surface area (Å²) in [6.45, 7) is 10.6. The molecule has 1 aromatic heterocycles. The first-order chi connectivity index (χ1) is 18.9. The Morgan fingerprint density at radius 3 is 2.60 bits per heavy atom. The van der Waals surface area contributed by atoms with Crippen molar-refractivity contribution in [2.75, 3.05) is 11.9 Å². The Balaban J connectivity index is 1.24. The Labute approximate surface area is 242 Å². The molecular formula is C31H48N2O6S. The fraction of sp³-hybridized carbons (Fsp3) is 0.839. The van der Waals surface area contributed by atoms with Gasteiger partial charge in [0, 0.05) is 6.42 Å². The number of fused-ring (bicyclic) bond motifs is 5. The predicted octanol–water partition coefficient (Wildman–Crippen LogP) is 4.94. The first-order valence-corrected chi connectivity index (χ1v) is 16.2. The van der Waals surface area contributed by atoms with Gasteiger partial charge in [-0.2, -0.15) is 0 Å². The number of amides is 1. The van der Waals surface area contributed by atoms with Gasteiger partial charge in [0.1, 0.15) is 4.88 Å². The van der Waals surface area contributed by atoms with Gasteiger partial charge >= 0.3 is 5.97 Å². The summed E-state index contributed by atoms with van der Waals surface area (Å²) in [7, 11) is 0. The van der Waals surface area contributed by atoms with Crippen LogP contribution in [0.15, 0.2) is 0 Å². The lowest BCUT2D eigenvalue weighted by Gasteiger charge is -2.63. The molecule has 1 amide bonds. The van der Waals surface area contributed by atoms with E-state index in [0.29, 0.717) is 40.9 Å². The maximum absolute atomic E-state index is 12.8. The highest BCUT2D eigenvalue weighted by Crippen LogP contribution is 2.68. The lowest BCUT2D eigenvalue weighted by atomic mass is 9.43. The molecule has 4 aliphatic carbocycles. The predicted molar refractivity (Wildman–Crippen MR) is 154 cm³/mol. The van der Waals surface area contributed by atoms with Crippen LogP contribution in [-0.2, 0) is 9.53 Å². The Morgan fingerprint density at radius 2 is 1.88 bits per heavy atom. The minimum absolute atomic E-state index is 0.0640. The SMILES string of the molecule is CCOC(=O)c1sc(NC(=O)CC[C@@H](C)[C@@H]2CC[C@@H]3[C@@H]4[C@H](O)C[C@H]5C[C@H](O)CC[C@]5(C)[C@@H]4C[C@H](O)[C@@]32C)nc1C. The molecule has 40 heavy (non-hydrogen) atoms. The van der Waals surface area contributed by atoms with Crippen molar-refractivity contribution in [2.24, 2.45) is 46.3 Å². The largest absolute Gasteiger partial charge is 0.462 e. The molecule has 0 unspecified atom stereocenters. The maximum atomic E-state index is 12.8. The quantitative estimate of drug-likeness (QED) is 0.338. The zero-order valence-corrected chi connectivity index (χ0v) is 25.5. The molecule has 1 aromatic rings. The number of hydrogen-bond acceptors (Lipinski definition) is 8. The fourth-order valence-corrected chi connectivity index (χ4v) is 10.6. The van der Waals surface area contributed by atoms with Crippen molar-refractivity contribution in [3.05, 3.63) is 10.6 Å². The summed E-state index contributed by atoms with van der Waals surface area (Å²) in [5.74, 6) is 1.03. The number of aliphatic hydroxyl groups excluding tert-OH is 3. The average Bonchev–Trinajstić information content (AvgIpc) is 3.44. The number of rotatable bonds is 7. The van der Waals surface area contributed by atoms with Gasteiger partial charge in [-0.25, -0.2) is 9.78 Å². The van der Waals surface area contributed by atoms with Gasteiger partial charge in [0.15, 0.2) is 5.13 Å². The number of carbonyl (C=O) groups is 2. The van der Waals surface area contributed by atoms with Gasteiger partial charge in [-0.15, -0.1) is 0 Å². The van der Waals surface area contributed by atoms with Gasteiger partial charge in [-0.3, -0.25) is 4.79 Å². The summed E-state index contributed by atoms with van der Waals surface area (Å²) >= 11 is 1.14.